The Morgan fingerprint density at radius 1 is 1.50 bits per heavy atom. The number of fused-ring (bicyclic) bond motifs is 2. The van der Waals surface area contributed by atoms with E-state index in [0.717, 1.165) is 11.8 Å². The van der Waals surface area contributed by atoms with Gasteiger partial charge in [0.2, 0.25) is 0 Å². The molecule has 0 radical (unpaired) electrons. The lowest BCUT2D eigenvalue weighted by Gasteiger charge is -2.22. The zero-order valence-corrected chi connectivity index (χ0v) is 8.61. The molecule has 2 rings (SSSR count). The van der Waals surface area contributed by atoms with E-state index in [1.54, 1.807) is 0 Å². The van der Waals surface area contributed by atoms with Crippen LogP contribution >= 0.6 is 0 Å². The number of carbonyl (C=O) groups is 1. The molecule has 2 fully saturated rings. The Hall–Kier alpha value is -0.570. The zero-order valence-electron chi connectivity index (χ0n) is 8.61. The number of ether oxygens (including phenoxy) is 1. The summed E-state index contributed by atoms with van der Waals surface area (Å²) in [6.45, 7) is 0. The molecule has 0 aromatic carbocycles. The van der Waals surface area contributed by atoms with E-state index in [4.69, 9.17) is 0 Å². The van der Waals surface area contributed by atoms with Crippen LogP contribution in [-0.4, -0.2) is 24.3 Å². The fourth-order valence-corrected chi connectivity index (χ4v) is 3.18. The quantitative estimate of drug-likeness (QED) is 0.696. The number of hydrogen-bond donors (Lipinski definition) is 1. The van der Waals surface area contributed by atoms with E-state index in [9.17, 15) is 9.90 Å². The first-order valence-electron chi connectivity index (χ1n) is 5.46. The van der Waals surface area contributed by atoms with Gasteiger partial charge in [-0.05, 0) is 43.4 Å². The highest BCUT2D eigenvalue weighted by Gasteiger charge is 2.40. The van der Waals surface area contributed by atoms with Gasteiger partial charge < -0.3 is 9.84 Å². The number of rotatable bonds is 3. The molecule has 3 nitrogen and oxygen atoms in total. The first kappa shape index (κ1) is 9.97. The van der Waals surface area contributed by atoms with E-state index < -0.39 is 12.1 Å². The Morgan fingerprint density at radius 3 is 2.79 bits per heavy atom. The van der Waals surface area contributed by atoms with Gasteiger partial charge in [0.1, 0.15) is 0 Å². The average molecular weight is 198 g/mol. The monoisotopic (exact) mass is 198 g/mol. The number of aliphatic hydroxyl groups is 1. The van der Waals surface area contributed by atoms with Crippen molar-refractivity contribution < 1.29 is 14.6 Å². The van der Waals surface area contributed by atoms with Gasteiger partial charge in [0.15, 0.2) is 6.10 Å². The van der Waals surface area contributed by atoms with E-state index in [1.807, 2.05) is 0 Å². The summed E-state index contributed by atoms with van der Waals surface area (Å²) in [5.41, 5.74) is 0. The standard InChI is InChI=1S/C11H18O3/c1-14-11(13)10(12)6-9-5-7-2-3-8(9)4-7/h7-10,12H,2-6H2,1H3. The van der Waals surface area contributed by atoms with Gasteiger partial charge in [-0.1, -0.05) is 6.42 Å². The minimum Gasteiger partial charge on any atom is -0.467 e. The molecule has 0 aliphatic heterocycles. The van der Waals surface area contributed by atoms with Crippen molar-refractivity contribution in [3.05, 3.63) is 0 Å². The van der Waals surface area contributed by atoms with E-state index >= 15 is 0 Å². The average Bonchev–Trinajstić information content (AvgIpc) is 2.77. The van der Waals surface area contributed by atoms with Crippen molar-refractivity contribution in [2.24, 2.45) is 17.8 Å². The predicted octanol–water partition coefficient (Wildman–Crippen LogP) is 1.35. The molecule has 0 amide bonds. The predicted molar refractivity (Wildman–Crippen MR) is 51.6 cm³/mol. The van der Waals surface area contributed by atoms with Crippen LogP contribution in [0, 0.1) is 17.8 Å². The Kier molecular flexibility index (Phi) is 2.77. The minimum atomic E-state index is -0.899. The van der Waals surface area contributed by atoms with Gasteiger partial charge in [-0.15, -0.1) is 0 Å². The van der Waals surface area contributed by atoms with E-state index in [0.29, 0.717) is 12.3 Å². The van der Waals surface area contributed by atoms with Crippen LogP contribution in [-0.2, 0) is 9.53 Å². The molecule has 14 heavy (non-hydrogen) atoms. The number of methoxy groups -OCH3 is 1. The third-order valence-corrected chi connectivity index (χ3v) is 3.88. The van der Waals surface area contributed by atoms with Gasteiger partial charge in [0.05, 0.1) is 7.11 Å². The molecular weight excluding hydrogens is 180 g/mol. The Morgan fingerprint density at radius 2 is 2.29 bits per heavy atom. The normalized spacial score (nSPS) is 37.1. The molecule has 0 heterocycles. The summed E-state index contributed by atoms with van der Waals surface area (Å²) in [6.07, 6.45) is 4.88. The number of aliphatic hydroxyl groups excluding tert-OH is 1. The van der Waals surface area contributed by atoms with Crippen LogP contribution in [0.25, 0.3) is 0 Å². The maximum Gasteiger partial charge on any atom is 0.334 e. The van der Waals surface area contributed by atoms with Gasteiger partial charge in [0.25, 0.3) is 0 Å². The van der Waals surface area contributed by atoms with Crippen LogP contribution < -0.4 is 0 Å². The summed E-state index contributed by atoms with van der Waals surface area (Å²) in [6, 6.07) is 0. The van der Waals surface area contributed by atoms with Crippen molar-refractivity contribution in [2.45, 2.75) is 38.2 Å². The van der Waals surface area contributed by atoms with Crippen molar-refractivity contribution >= 4 is 5.97 Å². The number of hydrogen-bond acceptors (Lipinski definition) is 3. The lowest BCUT2D eigenvalue weighted by molar-refractivity contribution is -0.151. The third-order valence-electron chi connectivity index (χ3n) is 3.88. The maximum atomic E-state index is 11.0. The highest BCUT2D eigenvalue weighted by Crippen LogP contribution is 2.49. The van der Waals surface area contributed by atoms with Crippen LogP contribution in [0.15, 0.2) is 0 Å². The molecule has 1 N–H and O–H groups in total. The molecule has 4 unspecified atom stereocenters. The Bertz CT molecular complexity index is 227. The van der Waals surface area contributed by atoms with Crippen LogP contribution in [0.3, 0.4) is 0 Å². The Balaban J connectivity index is 1.83. The van der Waals surface area contributed by atoms with E-state index in [2.05, 4.69) is 4.74 Å². The van der Waals surface area contributed by atoms with E-state index in [-0.39, 0.29) is 0 Å². The lowest BCUT2D eigenvalue weighted by atomic mass is 9.85. The smallest absolute Gasteiger partial charge is 0.334 e. The van der Waals surface area contributed by atoms with Crippen LogP contribution in [0.2, 0.25) is 0 Å². The van der Waals surface area contributed by atoms with Crippen molar-refractivity contribution in [1.82, 2.24) is 0 Å². The summed E-state index contributed by atoms with van der Waals surface area (Å²) < 4.78 is 4.51. The van der Waals surface area contributed by atoms with Crippen molar-refractivity contribution in [2.75, 3.05) is 7.11 Å². The van der Waals surface area contributed by atoms with Gasteiger partial charge >= 0.3 is 5.97 Å². The Labute approximate surface area is 84.4 Å². The second kappa shape index (κ2) is 3.89. The molecule has 0 saturated heterocycles. The van der Waals surface area contributed by atoms with Crippen LogP contribution in [0.1, 0.15) is 32.1 Å². The maximum absolute atomic E-state index is 11.0. The van der Waals surface area contributed by atoms with Crippen molar-refractivity contribution in [3.63, 3.8) is 0 Å². The van der Waals surface area contributed by atoms with Gasteiger partial charge in [-0.3, -0.25) is 0 Å². The summed E-state index contributed by atoms with van der Waals surface area (Å²) in [7, 11) is 1.33. The van der Waals surface area contributed by atoms with Crippen molar-refractivity contribution in [1.29, 1.82) is 0 Å². The topological polar surface area (TPSA) is 46.5 Å². The molecule has 2 saturated carbocycles. The molecule has 2 aliphatic carbocycles. The van der Waals surface area contributed by atoms with Crippen LogP contribution in [0.4, 0.5) is 0 Å². The third kappa shape index (κ3) is 1.78. The summed E-state index contributed by atoms with van der Waals surface area (Å²) in [4.78, 5) is 11.0. The minimum absolute atomic E-state index is 0.479. The largest absolute Gasteiger partial charge is 0.467 e. The van der Waals surface area contributed by atoms with Gasteiger partial charge in [-0.25, -0.2) is 4.79 Å². The summed E-state index contributed by atoms with van der Waals surface area (Å²) in [5, 5.41) is 9.53. The second-order valence-corrected chi connectivity index (χ2v) is 4.71. The van der Waals surface area contributed by atoms with Gasteiger partial charge in [0, 0.05) is 0 Å². The molecule has 4 atom stereocenters. The highest BCUT2D eigenvalue weighted by molar-refractivity contribution is 5.74. The molecule has 0 spiro atoms. The molecule has 80 valence electrons. The molecule has 3 heteroatoms. The zero-order chi connectivity index (χ0) is 10.1. The molecular formula is C11H18O3. The number of esters is 1. The molecule has 2 aliphatic rings. The molecule has 2 bridgehead atoms. The molecule has 0 aromatic rings. The lowest BCUT2D eigenvalue weighted by Crippen LogP contribution is -2.26. The second-order valence-electron chi connectivity index (χ2n) is 4.71. The fourth-order valence-electron chi connectivity index (χ4n) is 3.18. The fraction of sp³-hybridized carbons (Fsp3) is 0.909. The first-order chi connectivity index (χ1) is 6.70. The summed E-state index contributed by atoms with van der Waals surface area (Å²) in [5.74, 6) is 1.71. The van der Waals surface area contributed by atoms with Crippen LogP contribution in [0.5, 0.6) is 0 Å². The highest BCUT2D eigenvalue weighted by atomic mass is 16.5. The number of carbonyl (C=O) groups excluding carboxylic acids is 1. The van der Waals surface area contributed by atoms with E-state index in [1.165, 1.54) is 32.8 Å². The van der Waals surface area contributed by atoms with Gasteiger partial charge in [-0.2, -0.15) is 0 Å². The molecule has 0 aromatic heterocycles. The SMILES string of the molecule is COC(=O)C(O)CC1CC2CCC1C2. The first-order valence-corrected chi connectivity index (χ1v) is 5.46. The summed E-state index contributed by atoms with van der Waals surface area (Å²) >= 11 is 0. The van der Waals surface area contributed by atoms with Crippen molar-refractivity contribution in [3.8, 4) is 0 Å².